The minimum Gasteiger partial charge on any atom is -0.300 e. The average Bonchev–Trinajstić information content (AvgIpc) is 3.17. The fourth-order valence-corrected chi connectivity index (χ4v) is 5.57. The van der Waals surface area contributed by atoms with Gasteiger partial charge in [0.2, 0.25) is 25.2 Å². The molecule has 152 valence electrons. The van der Waals surface area contributed by atoms with Crippen LogP contribution >= 0.6 is 11.3 Å². The van der Waals surface area contributed by atoms with Gasteiger partial charge < -0.3 is 5.32 Å². The second kappa shape index (κ2) is 8.33. The molecule has 0 aliphatic rings. The smallest absolute Gasteiger partial charge is 0.234 e. The van der Waals surface area contributed by atoms with Crippen molar-refractivity contribution in [1.82, 2.24) is 10.2 Å². The predicted octanol–water partition coefficient (Wildman–Crippen LogP) is 4.15. The number of hydrogen-bond donors (Lipinski definition) is 1. The number of aryl methyl sites for hydroxylation is 1. The first-order valence-electron chi connectivity index (χ1n) is 9.29. The molecule has 1 aromatic heterocycles. The fourth-order valence-electron chi connectivity index (χ4n) is 3.25. The number of carbonyl (C=O) groups excluding carboxylic acids is 1. The van der Waals surface area contributed by atoms with Gasteiger partial charge in [-0.05, 0) is 28.8 Å². The molecule has 30 heavy (non-hydrogen) atoms. The van der Waals surface area contributed by atoms with Gasteiger partial charge in [0.1, 0.15) is 0 Å². The summed E-state index contributed by atoms with van der Waals surface area (Å²) in [5.41, 5.74) is 2.57. The van der Waals surface area contributed by atoms with Crippen molar-refractivity contribution in [2.75, 3.05) is 5.32 Å². The van der Waals surface area contributed by atoms with Gasteiger partial charge in [-0.15, -0.1) is 10.2 Å². The largest absolute Gasteiger partial charge is 0.300 e. The Morgan fingerprint density at radius 3 is 2.60 bits per heavy atom. The molecule has 0 spiro atoms. The van der Waals surface area contributed by atoms with E-state index >= 15 is 0 Å². The Hall–Kier alpha value is -3.10. The van der Waals surface area contributed by atoms with Crippen LogP contribution in [0.5, 0.6) is 0 Å². The summed E-state index contributed by atoms with van der Waals surface area (Å²) >= 11 is 0.864. The van der Waals surface area contributed by atoms with E-state index in [1.54, 1.807) is 6.07 Å². The molecule has 1 amide bonds. The Balaban J connectivity index is 1.47. The SMILES string of the molecule is Cc1cccc(CS(=O)(=O)c2nnc(NC(=O)Cc3cccc4ccccc34)s2)c1. The Bertz CT molecular complexity index is 1320. The molecule has 6 nitrogen and oxygen atoms in total. The lowest BCUT2D eigenvalue weighted by molar-refractivity contribution is -0.115. The van der Waals surface area contributed by atoms with Crippen LogP contribution in [-0.4, -0.2) is 24.5 Å². The number of anilines is 1. The van der Waals surface area contributed by atoms with Crippen LogP contribution in [0.2, 0.25) is 0 Å². The van der Waals surface area contributed by atoms with E-state index < -0.39 is 9.84 Å². The van der Waals surface area contributed by atoms with Crippen molar-refractivity contribution < 1.29 is 13.2 Å². The van der Waals surface area contributed by atoms with Crippen LogP contribution < -0.4 is 5.32 Å². The van der Waals surface area contributed by atoms with Crippen molar-refractivity contribution >= 4 is 43.0 Å². The molecule has 3 aromatic carbocycles. The van der Waals surface area contributed by atoms with Gasteiger partial charge in [0, 0.05) is 0 Å². The molecule has 0 saturated carbocycles. The number of nitrogens with zero attached hydrogens (tertiary/aromatic N) is 2. The quantitative estimate of drug-likeness (QED) is 0.458. The lowest BCUT2D eigenvalue weighted by Gasteiger charge is -2.06. The second-order valence-electron chi connectivity index (χ2n) is 6.98. The van der Waals surface area contributed by atoms with Crippen LogP contribution in [0.25, 0.3) is 10.8 Å². The number of aromatic nitrogens is 2. The molecule has 0 saturated heterocycles. The maximum absolute atomic E-state index is 12.6. The van der Waals surface area contributed by atoms with E-state index in [1.165, 1.54) is 0 Å². The van der Waals surface area contributed by atoms with Gasteiger partial charge in [-0.25, -0.2) is 8.42 Å². The summed E-state index contributed by atoms with van der Waals surface area (Å²) in [4.78, 5) is 12.5. The number of amides is 1. The van der Waals surface area contributed by atoms with E-state index in [-0.39, 0.29) is 27.6 Å². The molecule has 0 aliphatic carbocycles. The molecule has 1 N–H and O–H groups in total. The molecule has 0 atom stereocenters. The molecular weight excluding hydrogens is 418 g/mol. The summed E-state index contributed by atoms with van der Waals surface area (Å²) in [6.07, 6.45) is 0.159. The third-order valence-electron chi connectivity index (χ3n) is 4.59. The van der Waals surface area contributed by atoms with Gasteiger partial charge in [0.25, 0.3) is 0 Å². The van der Waals surface area contributed by atoms with Gasteiger partial charge in [-0.3, -0.25) is 4.79 Å². The number of hydrogen-bond acceptors (Lipinski definition) is 6. The van der Waals surface area contributed by atoms with E-state index in [1.807, 2.05) is 67.6 Å². The zero-order chi connectivity index (χ0) is 21.1. The Kier molecular flexibility index (Phi) is 5.61. The van der Waals surface area contributed by atoms with Crippen molar-refractivity contribution in [1.29, 1.82) is 0 Å². The van der Waals surface area contributed by atoms with Crippen LogP contribution in [-0.2, 0) is 26.8 Å². The maximum Gasteiger partial charge on any atom is 0.234 e. The summed E-state index contributed by atoms with van der Waals surface area (Å²) in [6.45, 7) is 1.91. The summed E-state index contributed by atoms with van der Waals surface area (Å²) in [5, 5.41) is 12.5. The van der Waals surface area contributed by atoms with Crippen LogP contribution in [0, 0.1) is 6.92 Å². The van der Waals surface area contributed by atoms with Gasteiger partial charge in [0.15, 0.2) is 0 Å². The highest BCUT2D eigenvalue weighted by Gasteiger charge is 2.22. The molecule has 0 unspecified atom stereocenters. The van der Waals surface area contributed by atoms with Gasteiger partial charge in [0.05, 0.1) is 12.2 Å². The average molecular weight is 438 g/mol. The van der Waals surface area contributed by atoms with E-state index in [4.69, 9.17) is 0 Å². The predicted molar refractivity (Wildman–Crippen MR) is 118 cm³/mol. The lowest BCUT2D eigenvalue weighted by atomic mass is 10.0. The van der Waals surface area contributed by atoms with Crippen LogP contribution in [0.1, 0.15) is 16.7 Å². The monoisotopic (exact) mass is 437 g/mol. The third-order valence-corrected chi connectivity index (χ3v) is 7.56. The van der Waals surface area contributed by atoms with Crippen molar-refractivity contribution in [2.45, 2.75) is 23.4 Å². The molecule has 0 bridgehead atoms. The van der Waals surface area contributed by atoms with Gasteiger partial charge in [-0.2, -0.15) is 0 Å². The molecule has 0 fully saturated rings. The van der Waals surface area contributed by atoms with Crippen molar-refractivity contribution in [3.8, 4) is 0 Å². The third kappa shape index (κ3) is 4.55. The number of carbonyl (C=O) groups is 1. The highest BCUT2D eigenvalue weighted by Crippen LogP contribution is 2.24. The Morgan fingerprint density at radius 2 is 1.77 bits per heavy atom. The van der Waals surface area contributed by atoms with Gasteiger partial charge in [-0.1, -0.05) is 83.6 Å². The molecular formula is C22H19N3O3S2. The first kappa shape index (κ1) is 20.2. The van der Waals surface area contributed by atoms with Crippen LogP contribution in [0.3, 0.4) is 0 Å². The number of benzene rings is 3. The highest BCUT2D eigenvalue weighted by atomic mass is 32.2. The second-order valence-corrected chi connectivity index (χ2v) is 10.1. The van der Waals surface area contributed by atoms with E-state index in [9.17, 15) is 13.2 Å². The van der Waals surface area contributed by atoms with E-state index in [0.717, 1.165) is 33.2 Å². The summed E-state index contributed by atoms with van der Waals surface area (Å²) in [7, 11) is -3.64. The summed E-state index contributed by atoms with van der Waals surface area (Å²) in [6, 6.07) is 21.0. The molecule has 4 aromatic rings. The first-order valence-corrected chi connectivity index (χ1v) is 11.8. The number of sulfone groups is 1. The number of rotatable bonds is 6. The zero-order valence-corrected chi connectivity index (χ0v) is 17.8. The van der Waals surface area contributed by atoms with Crippen molar-refractivity contribution in [2.24, 2.45) is 0 Å². The maximum atomic E-state index is 12.6. The van der Waals surface area contributed by atoms with Crippen molar-refractivity contribution in [3.05, 3.63) is 83.4 Å². The molecule has 1 heterocycles. The number of nitrogens with one attached hydrogen (secondary N) is 1. The normalized spacial score (nSPS) is 11.5. The molecule has 0 aliphatic heterocycles. The van der Waals surface area contributed by atoms with Crippen LogP contribution in [0.4, 0.5) is 5.13 Å². The first-order chi connectivity index (χ1) is 14.4. The minimum atomic E-state index is -3.64. The summed E-state index contributed by atoms with van der Waals surface area (Å²) < 4.78 is 25.2. The molecule has 0 radical (unpaired) electrons. The fraction of sp³-hybridized carbons (Fsp3) is 0.136. The van der Waals surface area contributed by atoms with Crippen molar-refractivity contribution in [3.63, 3.8) is 0 Å². The minimum absolute atomic E-state index is 0.107. The Morgan fingerprint density at radius 1 is 1.00 bits per heavy atom. The number of fused-ring (bicyclic) bond motifs is 1. The topological polar surface area (TPSA) is 89.0 Å². The summed E-state index contributed by atoms with van der Waals surface area (Å²) in [5.74, 6) is -0.432. The van der Waals surface area contributed by atoms with Crippen LogP contribution in [0.15, 0.2) is 71.1 Å². The zero-order valence-electron chi connectivity index (χ0n) is 16.2. The molecule has 8 heteroatoms. The van der Waals surface area contributed by atoms with Gasteiger partial charge >= 0.3 is 0 Å². The standard InChI is InChI=1S/C22H19N3O3S2/c1-15-6-4-7-16(12-15)14-30(27,28)22-25-24-21(29-22)23-20(26)13-18-10-5-9-17-8-2-3-11-19(17)18/h2-12H,13-14H2,1H3,(H,23,24,26). The van der Waals surface area contributed by atoms with E-state index in [2.05, 4.69) is 15.5 Å². The lowest BCUT2D eigenvalue weighted by Crippen LogP contribution is -2.14. The highest BCUT2D eigenvalue weighted by molar-refractivity contribution is 7.92. The molecule has 4 rings (SSSR count). The van der Waals surface area contributed by atoms with E-state index in [0.29, 0.717) is 5.56 Å². The Labute approximate surface area is 178 Å².